The maximum atomic E-state index is 11.4. The van der Waals surface area contributed by atoms with Gasteiger partial charge in [-0.05, 0) is 47.2 Å². The normalized spacial score (nSPS) is 9.86. The molecule has 0 atom stereocenters. The Kier molecular flexibility index (Phi) is 4.19. The van der Waals surface area contributed by atoms with E-state index in [9.17, 15) is 9.90 Å². The number of benzene rings is 1. The van der Waals surface area contributed by atoms with Crippen LogP contribution in [0.15, 0.2) is 18.2 Å². The van der Waals surface area contributed by atoms with Gasteiger partial charge in [-0.2, -0.15) is 0 Å². The van der Waals surface area contributed by atoms with E-state index < -0.39 is 0 Å². The molecule has 0 saturated heterocycles. The molecule has 3 nitrogen and oxygen atoms in total. The number of esters is 1. The van der Waals surface area contributed by atoms with Crippen molar-refractivity contribution in [1.82, 2.24) is 0 Å². The average Bonchev–Trinajstić information content (AvgIpc) is 2.18. The van der Waals surface area contributed by atoms with Crippen molar-refractivity contribution in [2.75, 3.05) is 6.61 Å². The van der Waals surface area contributed by atoms with Gasteiger partial charge in [0, 0.05) is 0 Å². The molecule has 0 aliphatic rings. The van der Waals surface area contributed by atoms with E-state index in [2.05, 4.69) is 0 Å². The molecule has 0 saturated carbocycles. The molecular formula is C10H11IO3. The summed E-state index contributed by atoms with van der Waals surface area (Å²) in [6, 6.07) is 4.65. The van der Waals surface area contributed by atoms with Crippen LogP contribution in [-0.2, 0) is 4.74 Å². The number of ether oxygens (including phenoxy) is 1. The van der Waals surface area contributed by atoms with Crippen molar-refractivity contribution in [2.24, 2.45) is 0 Å². The minimum absolute atomic E-state index is 0.178. The fourth-order valence-electron chi connectivity index (χ4n) is 0.912. The van der Waals surface area contributed by atoms with Gasteiger partial charge in [0.1, 0.15) is 5.75 Å². The zero-order valence-corrected chi connectivity index (χ0v) is 9.95. The predicted molar refractivity (Wildman–Crippen MR) is 61.4 cm³/mol. The van der Waals surface area contributed by atoms with Crippen molar-refractivity contribution in [2.45, 2.75) is 13.3 Å². The highest BCUT2D eigenvalue weighted by Crippen LogP contribution is 2.20. The van der Waals surface area contributed by atoms with E-state index in [-0.39, 0.29) is 11.7 Å². The molecule has 0 radical (unpaired) electrons. The molecule has 0 aromatic heterocycles. The molecule has 4 heteroatoms. The Bertz CT molecular complexity index is 336. The molecule has 76 valence electrons. The summed E-state index contributed by atoms with van der Waals surface area (Å²) in [6.45, 7) is 2.37. The Hall–Kier alpha value is -0.780. The SMILES string of the molecule is CCCOC(=O)c1ccc(O)c(I)c1. The Morgan fingerprint density at radius 1 is 1.57 bits per heavy atom. The largest absolute Gasteiger partial charge is 0.507 e. The van der Waals surface area contributed by atoms with Gasteiger partial charge in [0.05, 0.1) is 15.7 Å². The second-order valence-electron chi connectivity index (χ2n) is 2.80. The van der Waals surface area contributed by atoms with Crippen molar-refractivity contribution in [3.8, 4) is 5.75 Å². The molecule has 1 aromatic carbocycles. The third-order valence-electron chi connectivity index (χ3n) is 1.62. The molecule has 0 amide bonds. The molecule has 0 bridgehead atoms. The Morgan fingerprint density at radius 3 is 2.86 bits per heavy atom. The van der Waals surface area contributed by atoms with Gasteiger partial charge in [0.25, 0.3) is 0 Å². The van der Waals surface area contributed by atoms with Crippen molar-refractivity contribution in [1.29, 1.82) is 0 Å². The molecule has 1 N–H and O–H groups in total. The van der Waals surface area contributed by atoms with Crippen LogP contribution in [0.4, 0.5) is 0 Å². The molecular weight excluding hydrogens is 295 g/mol. The molecule has 0 unspecified atom stereocenters. The van der Waals surface area contributed by atoms with Gasteiger partial charge < -0.3 is 9.84 Å². The van der Waals surface area contributed by atoms with Crippen LogP contribution in [0.3, 0.4) is 0 Å². The molecule has 0 aliphatic carbocycles. The van der Waals surface area contributed by atoms with Crippen molar-refractivity contribution < 1.29 is 14.6 Å². The first-order valence-corrected chi connectivity index (χ1v) is 5.38. The number of phenolic OH excluding ortho intramolecular Hbond substituents is 1. The second kappa shape index (κ2) is 5.19. The van der Waals surface area contributed by atoms with Crippen LogP contribution < -0.4 is 0 Å². The number of hydrogen-bond acceptors (Lipinski definition) is 3. The number of aromatic hydroxyl groups is 1. The molecule has 1 rings (SSSR count). The highest BCUT2D eigenvalue weighted by molar-refractivity contribution is 14.1. The lowest BCUT2D eigenvalue weighted by molar-refractivity contribution is 0.0505. The topological polar surface area (TPSA) is 46.5 Å². The lowest BCUT2D eigenvalue weighted by atomic mass is 10.2. The maximum Gasteiger partial charge on any atom is 0.338 e. The van der Waals surface area contributed by atoms with E-state index in [0.717, 1.165) is 6.42 Å². The van der Waals surface area contributed by atoms with E-state index in [1.165, 1.54) is 6.07 Å². The third kappa shape index (κ3) is 2.87. The van der Waals surface area contributed by atoms with E-state index >= 15 is 0 Å². The molecule has 0 heterocycles. The summed E-state index contributed by atoms with van der Waals surface area (Å²) in [5.41, 5.74) is 0.473. The summed E-state index contributed by atoms with van der Waals surface area (Å²) in [5.74, 6) is -0.164. The average molecular weight is 306 g/mol. The summed E-state index contributed by atoms with van der Waals surface area (Å²) in [4.78, 5) is 11.4. The monoisotopic (exact) mass is 306 g/mol. The fourth-order valence-corrected chi connectivity index (χ4v) is 1.43. The van der Waals surface area contributed by atoms with Crippen LogP contribution in [0.5, 0.6) is 5.75 Å². The summed E-state index contributed by atoms with van der Waals surface area (Å²) in [5, 5.41) is 9.24. The second-order valence-corrected chi connectivity index (χ2v) is 3.96. The first-order valence-electron chi connectivity index (χ1n) is 4.30. The standard InChI is InChI=1S/C10H11IO3/c1-2-5-14-10(13)7-3-4-9(12)8(11)6-7/h3-4,6,12H,2,5H2,1H3. The molecule has 0 spiro atoms. The maximum absolute atomic E-state index is 11.4. The summed E-state index contributed by atoms with van der Waals surface area (Å²) >= 11 is 1.96. The van der Waals surface area contributed by atoms with Crippen molar-refractivity contribution in [3.63, 3.8) is 0 Å². The van der Waals surface area contributed by atoms with Gasteiger partial charge in [-0.1, -0.05) is 6.92 Å². The lowest BCUT2D eigenvalue weighted by Crippen LogP contribution is -2.05. The van der Waals surface area contributed by atoms with E-state index in [1.807, 2.05) is 29.5 Å². The number of hydrogen-bond donors (Lipinski definition) is 1. The van der Waals surface area contributed by atoms with Crippen LogP contribution in [0.2, 0.25) is 0 Å². The zero-order valence-electron chi connectivity index (χ0n) is 7.79. The Balaban J connectivity index is 2.76. The van der Waals surface area contributed by atoms with E-state index in [4.69, 9.17) is 4.74 Å². The quantitative estimate of drug-likeness (QED) is 0.689. The van der Waals surface area contributed by atoms with Crippen molar-refractivity contribution in [3.05, 3.63) is 27.3 Å². The Labute approximate surface area is 96.2 Å². The highest BCUT2D eigenvalue weighted by atomic mass is 127. The van der Waals surface area contributed by atoms with Crippen LogP contribution in [0, 0.1) is 3.57 Å². The smallest absolute Gasteiger partial charge is 0.338 e. The number of phenols is 1. The predicted octanol–water partition coefficient (Wildman–Crippen LogP) is 2.56. The molecule has 0 fully saturated rings. The molecule has 0 aliphatic heterocycles. The van der Waals surface area contributed by atoms with Gasteiger partial charge in [0.2, 0.25) is 0 Å². The lowest BCUT2D eigenvalue weighted by Gasteiger charge is -2.03. The van der Waals surface area contributed by atoms with Crippen LogP contribution in [0.25, 0.3) is 0 Å². The molecule has 14 heavy (non-hydrogen) atoms. The van der Waals surface area contributed by atoms with Gasteiger partial charge in [-0.15, -0.1) is 0 Å². The van der Waals surface area contributed by atoms with E-state index in [0.29, 0.717) is 15.7 Å². The number of carbonyl (C=O) groups is 1. The number of carbonyl (C=O) groups excluding carboxylic acids is 1. The highest BCUT2D eigenvalue weighted by Gasteiger charge is 2.08. The van der Waals surface area contributed by atoms with Gasteiger partial charge >= 0.3 is 5.97 Å². The van der Waals surface area contributed by atoms with Gasteiger partial charge in [-0.3, -0.25) is 0 Å². The van der Waals surface area contributed by atoms with Gasteiger partial charge in [0.15, 0.2) is 0 Å². The summed E-state index contributed by atoms with van der Waals surface area (Å²) < 4.78 is 5.59. The molecule has 1 aromatic rings. The van der Waals surface area contributed by atoms with Crippen LogP contribution in [0.1, 0.15) is 23.7 Å². The Morgan fingerprint density at radius 2 is 2.29 bits per heavy atom. The van der Waals surface area contributed by atoms with Gasteiger partial charge in [-0.25, -0.2) is 4.79 Å². The van der Waals surface area contributed by atoms with Crippen molar-refractivity contribution >= 4 is 28.6 Å². The summed E-state index contributed by atoms with van der Waals surface area (Å²) in [7, 11) is 0. The third-order valence-corrected chi connectivity index (χ3v) is 2.48. The summed E-state index contributed by atoms with van der Waals surface area (Å²) in [6.07, 6.45) is 0.806. The zero-order chi connectivity index (χ0) is 10.6. The minimum Gasteiger partial charge on any atom is -0.507 e. The van der Waals surface area contributed by atoms with E-state index in [1.54, 1.807) is 12.1 Å². The first kappa shape index (κ1) is 11.3. The number of rotatable bonds is 3. The van der Waals surface area contributed by atoms with Crippen LogP contribution in [-0.4, -0.2) is 17.7 Å². The fraction of sp³-hybridized carbons (Fsp3) is 0.300. The van der Waals surface area contributed by atoms with Crippen LogP contribution >= 0.6 is 22.6 Å². The number of halogens is 1. The minimum atomic E-state index is -0.343. The first-order chi connectivity index (χ1) is 6.65.